The van der Waals surface area contributed by atoms with E-state index in [0.717, 1.165) is 16.9 Å². The van der Waals surface area contributed by atoms with Crippen LogP contribution in [0.15, 0.2) is 18.2 Å². The van der Waals surface area contributed by atoms with Gasteiger partial charge in [-0.3, -0.25) is 4.79 Å². The molecule has 2 rings (SSSR count). The zero-order valence-electron chi connectivity index (χ0n) is 11.9. The van der Waals surface area contributed by atoms with Crippen molar-refractivity contribution in [2.45, 2.75) is 32.5 Å². The van der Waals surface area contributed by atoms with Crippen LogP contribution in [0.2, 0.25) is 0 Å². The summed E-state index contributed by atoms with van der Waals surface area (Å²) in [4.78, 5) is 13.4. The summed E-state index contributed by atoms with van der Waals surface area (Å²) in [5.41, 5.74) is 2.23. The smallest absolute Gasteiger partial charge is 0.226 e. The number of nitrogens with zero attached hydrogens (tertiary/aromatic N) is 1. The number of hydrogen-bond acceptors (Lipinski definition) is 4. The van der Waals surface area contributed by atoms with Crippen LogP contribution in [-0.2, 0) is 4.79 Å². The van der Waals surface area contributed by atoms with Crippen molar-refractivity contribution in [1.29, 1.82) is 0 Å². The maximum atomic E-state index is 11.9. The van der Waals surface area contributed by atoms with Crippen LogP contribution < -0.4 is 4.74 Å². The Morgan fingerprint density at radius 1 is 1.30 bits per heavy atom. The molecule has 0 radical (unpaired) electrons. The van der Waals surface area contributed by atoms with Crippen molar-refractivity contribution in [1.82, 2.24) is 4.90 Å². The fourth-order valence-electron chi connectivity index (χ4n) is 2.26. The van der Waals surface area contributed by atoms with Crippen molar-refractivity contribution < 1.29 is 19.7 Å². The second-order valence-electron chi connectivity index (χ2n) is 5.23. The average molecular weight is 279 g/mol. The van der Waals surface area contributed by atoms with Gasteiger partial charge >= 0.3 is 0 Å². The fourth-order valence-corrected chi connectivity index (χ4v) is 2.26. The Labute approximate surface area is 118 Å². The van der Waals surface area contributed by atoms with Gasteiger partial charge in [0, 0.05) is 13.1 Å². The van der Waals surface area contributed by atoms with Crippen molar-refractivity contribution in [3.05, 3.63) is 29.3 Å². The number of carbonyl (C=O) groups excluding carboxylic acids is 1. The van der Waals surface area contributed by atoms with Crippen LogP contribution >= 0.6 is 0 Å². The van der Waals surface area contributed by atoms with E-state index < -0.39 is 12.2 Å². The fraction of sp³-hybridized carbons (Fsp3) is 0.533. The summed E-state index contributed by atoms with van der Waals surface area (Å²) in [7, 11) is 0. The third-order valence-corrected chi connectivity index (χ3v) is 3.74. The number of likely N-dealkylation sites (tertiary alicyclic amines) is 1. The maximum absolute atomic E-state index is 11.9. The Morgan fingerprint density at radius 3 is 2.60 bits per heavy atom. The number of amides is 1. The van der Waals surface area contributed by atoms with E-state index in [1.807, 2.05) is 32.0 Å². The third kappa shape index (κ3) is 3.29. The largest absolute Gasteiger partial charge is 0.493 e. The Hall–Kier alpha value is -1.59. The lowest BCUT2D eigenvalue weighted by molar-refractivity contribution is -0.131. The van der Waals surface area contributed by atoms with Gasteiger partial charge in [0.25, 0.3) is 0 Å². The lowest BCUT2D eigenvalue weighted by Gasteiger charge is -2.16. The quantitative estimate of drug-likeness (QED) is 0.848. The van der Waals surface area contributed by atoms with E-state index in [1.54, 1.807) is 0 Å². The molecule has 1 aromatic carbocycles. The monoisotopic (exact) mass is 279 g/mol. The molecule has 0 aromatic heterocycles. The molecular weight excluding hydrogens is 258 g/mol. The molecule has 0 spiro atoms. The standard InChI is InChI=1S/C15H21NO4/c1-10-4-3-5-14(11(10)2)20-7-6-15(19)16-8-12(17)13(18)9-16/h3-5,12-13,17-18H,6-9H2,1-2H3/t12-,13+. The topological polar surface area (TPSA) is 70.0 Å². The first-order chi connectivity index (χ1) is 9.49. The van der Waals surface area contributed by atoms with Gasteiger partial charge < -0.3 is 19.8 Å². The zero-order valence-corrected chi connectivity index (χ0v) is 11.9. The number of aliphatic hydroxyl groups excluding tert-OH is 2. The van der Waals surface area contributed by atoms with Crippen LogP contribution in [0.4, 0.5) is 0 Å². The molecule has 1 fully saturated rings. The summed E-state index contributed by atoms with van der Waals surface area (Å²) >= 11 is 0. The highest BCUT2D eigenvalue weighted by atomic mass is 16.5. The predicted octanol–water partition coefficient (Wildman–Crippen LogP) is 0.636. The zero-order chi connectivity index (χ0) is 14.7. The molecule has 1 heterocycles. The molecular formula is C15H21NO4. The minimum Gasteiger partial charge on any atom is -0.493 e. The summed E-state index contributed by atoms with van der Waals surface area (Å²) in [6, 6.07) is 5.82. The normalized spacial score (nSPS) is 22.1. The minimum atomic E-state index is -0.834. The first kappa shape index (κ1) is 14.8. The molecule has 2 N–H and O–H groups in total. The van der Waals surface area contributed by atoms with Crippen LogP contribution in [0.5, 0.6) is 5.75 Å². The molecule has 2 atom stereocenters. The average Bonchev–Trinajstić information content (AvgIpc) is 2.75. The van der Waals surface area contributed by atoms with Gasteiger partial charge in [-0.05, 0) is 31.0 Å². The minimum absolute atomic E-state index is 0.106. The van der Waals surface area contributed by atoms with Crippen LogP contribution in [-0.4, -0.2) is 52.9 Å². The molecule has 1 saturated heterocycles. The SMILES string of the molecule is Cc1cccc(OCCC(=O)N2C[C@@H](O)[C@@H](O)C2)c1C. The van der Waals surface area contributed by atoms with Crippen molar-refractivity contribution in [2.75, 3.05) is 19.7 Å². The van der Waals surface area contributed by atoms with Gasteiger partial charge in [0.15, 0.2) is 0 Å². The van der Waals surface area contributed by atoms with Crippen molar-refractivity contribution in [2.24, 2.45) is 0 Å². The van der Waals surface area contributed by atoms with E-state index in [4.69, 9.17) is 4.74 Å². The van der Waals surface area contributed by atoms with E-state index in [9.17, 15) is 15.0 Å². The molecule has 5 nitrogen and oxygen atoms in total. The molecule has 110 valence electrons. The van der Waals surface area contributed by atoms with E-state index in [1.165, 1.54) is 4.90 Å². The number of ether oxygens (including phenoxy) is 1. The Bertz CT molecular complexity index is 479. The maximum Gasteiger partial charge on any atom is 0.226 e. The van der Waals surface area contributed by atoms with E-state index in [-0.39, 0.29) is 25.4 Å². The van der Waals surface area contributed by atoms with Crippen LogP contribution in [0.1, 0.15) is 17.5 Å². The summed E-state index contributed by atoms with van der Waals surface area (Å²) < 4.78 is 5.63. The highest BCUT2D eigenvalue weighted by molar-refractivity contribution is 5.76. The number of benzene rings is 1. The molecule has 1 aliphatic heterocycles. The lowest BCUT2D eigenvalue weighted by atomic mass is 10.1. The number of β-amino-alcohol motifs (C(OH)–C–C–N with tert-alkyl or cyclic N) is 2. The lowest BCUT2D eigenvalue weighted by Crippen LogP contribution is -2.30. The second-order valence-corrected chi connectivity index (χ2v) is 5.23. The summed E-state index contributed by atoms with van der Waals surface area (Å²) in [6.07, 6.45) is -1.43. The molecule has 1 amide bonds. The summed E-state index contributed by atoms with van der Waals surface area (Å²) in [6.45, 7) is 4.69. The first-order valence-corrected chi connectivity index (χ1v) is 6.82. The van der Waals surface area contributed by atoms with Gasteiger partial charge in [0.05, 0.1) is 25.2 Å². The number of aliphatic hydroxyl groups is 2. The highest BCUT2D eigenvalue weighted by Gasteiger charge is 2.32. The van der Waals surface area contributed by atoms with E-state index >= 15 is 0 Å². The van der Waals surface area contributed by atoms with Crippen molar-refractivity contribution >= 4 is 5.91 Å². The van der Waals surface area contributed by atoms with E-state index in [2.05, 4.69) is 0 Å². The number of hydrogen-bond donors (Lipinski definition) is 2. The van der Waals surface area contributed by atoms with Crippen LogP contribution in [0.3, 0.4) is 0 Å². The highest BCUT2D eigenvalue weighted by Crippen LogP contribution is 2.20. The molecule has 0 saturated carbocycles. The molecule has 0 bridgehead atoms. The third-order valence-electron chi connectivity index (χ3n) is 3.74. The molecule has 1 aliphatic rings. The number of carbonyl (C=O) groups is 1. The van der Waals surface area contributed by atoms with Crippen LogP contribution in [0.25, 0.3) is 0 Å². The first-order valence-electron chi connectivity index (χ1n) is 6.82. The van der Waals surface area contributed by atoms with Gasteiger partial charge in [-0.2, -0.15) is 0 Å². The Balaban J connectivity index is 1.81. The second kappa shape index (κ2) is 6.24. The molecule has 0 aliphatic carbocycles. The van der Waals surface area contributed by atoms with Crippen molar-refractivity contribution in [3.63, 3.8) is 0 Å². The molecule has 1 aromatic rings. The predicted molar refractivity (Wildman–Crippen MR) is 74.6 cm³/mol. The number of rotatable bonds is 4. The Morgan fingerprint density at radius 2 is 1.95 bits per heavy atom. The summed E-state index contributed by atoms with van der Waals surface area (Å²) in [5, 5.41) is 18.8. The van der Waals surface area contributed by atoms with Crippen LogP contribution in [0, 0.1) is 13.8 Å². The van der Waals surface area contributed by atoms with Gasteiger partial charge in [-0.1, -0.05) is 12.1 Å². The van der Waals surface area contributed by atoms with Gasteiger partial charge in [-0.25, -0.2) is 0 Å². The Kier molecular flexibility index (Phi) is 4.62. The summed E-state index contributed by atoms with van der Waals surface area (Å²) in [5.74, 6) is 0.685. The molecule has 5 heteroatoms. The molecule has 20 heavy (non-hydrogen) atoms. The molecule has 0 unspecified atom stereocenters. The van der Waals surface area contributed by atoms with Gasteiger partial charge in [0.2, 0.25) is 5.91 Å². The van der Waals surface area contributed by atoms with Gasteiger partial charge in [-0.15, -0.1) is 0 Å². The van der Waals surface area contributed by atoms with Gasteiger partial charge in [0.1, 0.15) is 5.75 Å². The van der Waals surface area contributed by atoms with Crippen molar-refractivity contribution in [3.8, 4) is 5.75 Å². The van der Waals surface area contributed by atoms with E-state index in [0.29, 0.717) is 6.61 Å². The number of aryl methyl sites for hydroxylation is 1.